The Hall–Kier alpha value is -2.40. The van der Waals surface area contributed by atoms with Gasteiger partial charge in [-0.3, -0.25) is 4.98 Å². The largest absolute Gasteiger partial charge is 0.395 e. The first-order chi connectivity index (χ1) is 15.8. The van der Waals surface area contributed by atoms with Crippen LogP contribution in [0.5, 0.6) is 0 Å². The van der Waals surface area contributed by atoms with Crippen molar-refractivity contribution in [1.82, 2.24) is 4.98 Å². The predicted octanol–water partition coefficient (Wildman–Crippen LogP) is 6.11. The third-order valence-corrected chi connectivity index (χ3v) is 6.51. The average molecular weight is 452 g/mol. The molecule has 0 aliphatic carbocycles. The summed E-state index contributed by atoms with van der Waals surface area (Å²) < 4.78 is 6.25. The molecule has 0 N–H and O–H groups in total. The number of benzene rings is 1. The van der Waals surface area contributed by atoms with E-state index in [4.69, 9.17) is 14.6 Å². The van der Waals surface area contributed by atoms with Gasteiger partial charge in [0.1, 0.15) is 6.61 Å². The van der Waals surface area contributed by atoms with Gasteiger partial charge in [-0.2, -0.15) is 0 Å². The van der Waals surface area contributed by atoms with E-state index in [2.05, 4.69) is 69.8 Å². The quantitative estimate of drug-likeness (QED) is 0.305. The Labute approximate surface area is 200 Å². The van der Waals surface area contributed by atoms with E-state index in [9.17, 15) is 0 Å². The van der Waals surface area contributed by atoms with Crippen LogP contribution in [0.15, 0.2) is 41.6 Å². The van der Waals surface area contributed by atoms with Crippen molar-refractivity contribution >= 4 is 11.4 Å². The number of hydrogen-bond acceptors (Lipinski definition) is 5. The third-order valence-electron chi connectivity index (χ3n) is 6.51. The van der Waals surface area contributed by atoms with Crippen LogP contribution in [-0.4, -0.2) is 36.5 Å². The van der Waals surface area contributed by atoms with Gasteiger partial charge in [0.15, 0.2) is 0 Å². The van der Waals surface area contributed by atoms with Crippen LogP contribution in [0.1, 0.15) is 63.1 Å². The lowest BCUT2D eigenvalue weighted by molar-refractivity contribution is -0.0482. The lowest BCUT2D eigenvalue weighted by Gasteiger charge is -2.31. The Morgan fingerprint density at radius 1 is 1.15 bits per heavy atom. The summed E-state index contributed by atoms with van der Waals surface area (Å²) in [6.07, 6.45) is 3.25. The van der Waals surface area contributed by atoms with Crippen LogP contribution in [0.2, 0.25) is 0 Å². The van der Waals surface area contributed by atoms with Crippen molar-refractivity contribution in [1.29, 1.82) is 0 Å². The van der Waals surface area contributed by atoms with Crippen molar-refractivity contribution in [3.05, 3.63) is 58.9 Å². The normalized spacial score (nSPS) is 16.0. The second-order valence-corrected chi connectivity index (χ2v) is 9.80. The number of fused-ring (bicyclic) bond motifs is 1. The summed E-state index contributed by atoms with van der Waals surface area (Å²) in [6, 6.07) is 12.6. The van der Waals surface area contributed by atoms with E-state index in [1.807, 2.05) is 18.2 Å². The van der Waals surface area contributed by atoms with Crippen molar-refractivity contribution in [2.75, 3.05) is 24.6 Å². The maximum absolute atomic E-state index is 6.25. The minimum absolute atomic E-state index is 0.129. The number of oxime groups is 1. The van der Waals surface area contributed by atoms with E-state index in [-0.39, 0.29) is 12.0 Å². The fourth-order valence-corrected chi connectivity index (χ4v) is 4.47. The number of ether oxygens (including phenoxy) is 1. The zero-order chi connectivity index (χ0) is 23.8. The molecule has 0 spiro atoms. The van der Waals surface area contributed by atoms with Crippen molar-refractivity contribution in [2.45, 2.75) is 73.5 Å². The maximum Gasteiger partial charge on any atom is 0.122 e. The van der Waals surface area contributed by atoms with Crippen molar-refractivity contribution in [2.24, 2.45) is 17.0 Å². The summed E-state index contributed by atoms with van der Waals surface area (Å²) in [4.78, 5) is 13.0. The van der Waals surface area contributed by atoms with Gasteiger partial charge in [0.05, 0.1) is 29.8 Å². The SMILES string of the molecule is CC(CCN1CCCc2nc(C)c(C)cc21)=NOC[C@@H](C)[C@H](OCc1ccccc1)C(C)C. The molecule has 1 aliphatic rings. The molecule has 1 aromatic carbocycles. The van der Waals surface area contributed by atoms with Gasteiger partial charge >= 0.3 is 0 Å². The Balaban J connectivity index is 1.47. The van der Waals surface area contributed by atoms with Crippen LogP contribution in [0.3, 0.4) is 0 Å². The number of pyridine rings is 1. The average Bonchev–Trinajstić information content (AvgIpc) is 2.79. The minimum atomic E-state index is 0.129. The molecule has 5 heteroatoms. The lowest BCUT2D eigenvalue weighted by atomic mass is 9.95. The number of aryl methyl sites for hydroxylation is 3. The Morgan fingerprint density at radius 3 is 2.64 bits per heavy atom. The highest BCUT2D eigenvalue weighted by Gasteiger charge is 2.23. The van der Waals surface area contributed by atoms with E-state index in [1.165, 1.54) is 22.5 Å². The van der Waals surface area contributed by atoms with Crippen LogP contribution in [-0.2, 0) is 22.6 Å². The molecule has 0 unspecified atom stereocenters. The molecule has 5 nitrogen and oxygen atoms in total. The fourth-order valence-electron chi connectivity index (χ4n) is 4.47. The van der Waals surface area contributed by atoms with E-state index in [0.29, 0.717) is 19.1 Å². The van der Waals surface area contributed by atoms with Gasteiger partial charge in [0.25, 0.3) is 0 Å². The van der Waals surface area contributed by atoms with Crippen LogP contribution >= 0.6 is 0 Å². The highest BCUT2D eigenvalue weighted by atomic mass is 16.6. The molecule has 0 saturated heterocycles. The lowest BCUT2D eigenvalue weighted by Crippen LogP contribution is -2.32. The fraction of sp³-hybridized carbons (Fsp3) is 0.571. The van der Waals surface area contributed by atoms with E-state index in [0.717, 1.165) is 43.8 Å². The summed E-state index contributed by atoms with van der Waals surface area (Å²) in [6.45, 7) is 16.1. The summed E-state index contributed by atoms with van der Waals surface area (Å²) >= 11 is 0. The van der Waals surface area contributed by atoms with E-state index in [1.54, 1.807) is 0 Å². The molecule has 0 saturated carbocycles. The van der Waals surface area contributed by atoms with E-state index < -0.39 is 0 Å². The number of nitrogens with zero attached hydrogens (tertiary/aromatic N) is 3. The predicted molar refractivity (Wildman–Crippen MR) is 137 cm³/mol. The van der Waals surface area contributed by atoms with Crippen molar-refractivity contribution in [3.63, 3.8) is 0 Å². The molecular formula is C28H41N3O2. The molecule has 180 valence electrons. The van der Waals surface area contributed by atoms with Gasteiger partial charge in [0.2, 0.25) is 0 Å². The molecule has 1 aromatic heterocycles. The first-order valence-corrected chi connectivity index (χ1v) is 12.4. The Bertz CT molecular complexity index is 911. The first kappa shape index (κ1) is 25.2. The van der Waals surface area contributed by atoms with Crippen molar-refractivity contribution < 1.29 is 9.57 Å². The topological polar surface area (TPSA) is 47.0 Å². The Morgan fingerprint density at radius 2 is 1.91 bits per heavy atom. The molecule has 2 aromatic rings. The van der Waals surface area contributed by atoms with Crippen LogP contribution < -0.4 is 4.90 Å². The molecule has 0 radical (unpaired) electrons. The van der Waals surface area contributed by atoms with Gasteiger partial charge < -0.3 is 14.5 Å². The summed E-state index contributed by atoms with van der Waals surface area (Å²) in [5, 5.41) is 4.41. The van der Waals surface area contributed by atoms with Gasteiger partial charge in [0, 0.05) is 31.1 Å². The molecular weight excluding hydrogens is 410 g/mol. The zero-order valence-corrected chi connectivity index (χ0v) is 21.3. The smallest absolute Gasteiger partial charge is 0.122 e. The molecule has 2 atom stereocenters. The monoisotopic (exact) mass is 451 g/mol. The molecule has 3 rings (SSSR count). The Kier molecular flexibility index (Phi) is 9.30. The van der Waals surface area contributed by atoms with E-state index >= 15 is 0 Å². The standard InChI is InChI=1S/C28H41N3O2/c1-20(2)28(32-19-25-11-8-7-9-12-25)22(4)18-33-30-23(5)14-16-31-15-10-13-26-27(31)17-21(3)24(6)29-26/h7-9,11-12,17,20,22,28H,10,13-16,18-19H2,1-6H3/t22-,28-/m1/s1. The second kappa shape index (κ2) is 12.2. The molecule has 0 amide bonds. The molecule has 0 bridgehead atoms. The summed E-state index contributed by atoms with van der Waals surface area (Å²) in [5.41, 5.74) is 7.16. The van der Waals surface area contributed by atoms with Crippen LogP contribution in [0, 0.1) is 25.7 Å². The highest BCUT2D eigenvalue weighted by molar-refractivity contribution is 5.81. The highest BCUT2D eigenvalue weighted by Crippen LogP contribution is 2.28. The molecule has 1 aliphatic heterocycles. The van der Waals surface area contributed by atoms with Gasteiger partial charge in [-0.15, -0.1) is 0 Å². The minimum Gasteiger partial charge on any atom is -0.395 e. The molecule has 33 heavy (non-hydrogen) atoms. The van der Waals surface area contributed by atoms with Crippen LogP contribution in [0.4, 0.5) is 5.69 Å². The molecule has 0 fully saturated rings. The number of anilines is 1. The van der Waals surface area contributed by atoms with Gasteiger partial charge in [-0.25, -0.2) is 0 Å². The summed E-state index contributed by atoms with van der Waals surface area (Å²) in [7, 11) is 0. The first-order valence-electron chi connectivity index (χ1n) is 12.4. The van der Waals surface area contributed by atoms with Gasteiger partial charge in [-0.05, 0) is 56.7 Å². The summed E-state index contributed by atoms with van der Waals surface area (Å²) in [5.74, 6) is 0.675. The number of hydrogen-bond donors (Lipinski definition) is 0. The molecule has 2 heterocycles. The maximum atomic E-state index is 6.25. The zero-order valence-electron chi connectivity index (χ0n) is 21.3. The number of rotatable bonds is 11. The number of aromatic nitrogens is 1. The third kappa shape index (κ3) is 7.29. The van der Waals surface area contributed by atoms with Gasteiger partial charge in [-0.1, -0.05) is 56.3 Å². The van der Waals surface area contributed by atoms with Crippen LogP contribution in [0.25, 0.3) is 0 Å². The second-order valence-electron chi connectivity index (χ2n) is 9.80. The van der Waals surface area contributed by atoms with Crippen molar-refractivity contribution in [3.8, 4) is 0 Å².